The Hall–Kier alpha value is -5.31. The molecule has 0 unspecified atom stereocenters. The molecule has 0 saturated carbocycles. The van der Waals surface area contributed by atoms with Crippen LogP contribution >= 0.6 is 0 Å². The summed E-state index contributed by atoms with van der Waals surface area (Å²) >= 11 is 0. The van der Waals surface area contributed by atoms with Gasteiger partial charge in [0, 0.05) is 12.1 Å². The highest BCUT2D eigenvalue weighted by atomic mass is 16.5. The number of piperazine rings is 1. The van der Waals surface area contributed by atoms with Gasteiger partial charge in [-0.1, -0.05) is 66.7 Å². The molecule has 9 heteroatoms. The van der Waals surface area contributed by atoms with Crippen LogP contribution in [0.3, 0.4) is 0 Å². The van der Waals surface area contributed by atoms with Gasteiger partial charge in [-0.2, -0.15) is 0 Å². The smallest absolute Gasteiger partial charge is 0.330 e. The molecular weight excluding hydrogens is 544 g/mol. The van der Waals surface area contributed by atoms with E-state index in [0.717, 1.165) is 5.56 Å². The summed E-state index contributed by atoms with van der Waals surface area (Å²) in [5, 5.41) is 10.6. The molecule has 0 radical (unpaired) electrons. The van der Waals surface area contributed by atoms with Crippen LogP contribution in [0.5, 0.6) is 5.75 Å². The Morgan fingerprint density at radius 1 is 0.744 bits per heavy atom. The van der Waals surface area contributed by atoms with Gasteiger partial charge >= 0.3 is 18.0 Å². The zero-order valence-corrected chi connectivity index (χ0v) is 23.3. The van der Waals surface area contributed by atoms with E-state index in [1.165, 1.54) is 4.90 Å². The Labute approximate surface area is 249 Å². The first-order chi connectivity index (χ1) is 21.0. The Morgan fingerprint density at radius 3 is 2.02 bits per heavy atom. The standard InChI is InChI=1S/C34H30N4O5/c39-32(40)31-29-20-19-26(37(29)34(42)36(24-12-3-1-4-13-24)25-14-5-2-6-15-25)21-35(31)33(41)38-27-16-8-7-11-23(27)22-43-30-18-10-9-17-28(30)38/h1-18,26,29,31H,19-22H2,(H,39,40)/t26-,29+,31-/m0/s1. The van der Waals surface area contributed by atoms with Gasteiger partial charge in [0.1, 0.15) is 12.4 Å². The monoisotopic (exact) mass is 574 g/mol. The number of para-hydroxylation sites is 5. The number of ether oxygens (including phenoxy) is 1. The topological polar surface area (TPSA) is 93.6 Å². The van der Waals surface area contributed by atoms with E-state index in [1.54, 1.807) is 26.8 Å². The Morgan fingerprint density at radius 2 is 1.35 bits per heavy atom. The normalized spacial score (nSPS) is 20.4. The molecule has 2 bridgehead atoms. The van der Waals surface area contributed by atoms with Crippen LogP contribution in [0.2, 0.25) is 0 Å². The van der Waals surface area contributed by atoms with Gasteiger partial charge in [-0.05, 0) is 55.3 Å². The number of benzene rings is 4. The van der Waals surface area contributed by atoms with E-state index in [-0.39, 0.29) is 25.2 Å². The van der Waals surface area contributed by atoms with Crippen LogP contribution < -0.4 is 14.5 Å². The van der Waals surface area contributed by atoms with Gasteiger partial charge in [0.05, 0.1) is 34.8 Å². The number of likely N-dealkylation sites (tertiary alicyclic amines) is 1. The number of carboxylic acids is 1. The number of amides is 4. The minimum absolute atomic E-state index is 0.0944. The minimum atomic E-state index is -1.23. The van der Waals surface area contributed by atoms with Crippen LogP contribution in [0.15, 0.2) is 109 Å². The lowest BCUT2D eigenvalue weighted by molar-refractivity contribution is -0.145. The number of urea groups is 2. The third kappa shape index (κ3) is 4.53. The molecule has 216 valence electrons. The first-order valence-corrected chi connectivity index (χ1v) is 14.4. The molecular formula is C34H30N4O5. The zero-order chi connectivity index (χ0) is 29.5. The molecule has 3 atom stereocenters. The van der Waals surface area contributed by atoms with Crippen molar-refractivity contribution in [1.82, 2.24) is 9.80 Å². The van der Waals surface area contributed by atoms with Crippen LogP contribution in [0.25, 0.3) is 0 Å². The van der Waals surface area contributed by atoms with Gasteiger partial charge in [0.2, 0.25) is 0 Å². The van der Waals surface area contributed by atoms with Crippen molar-refractivity contribution in [1.29, 1.82) is 0 Å². The molecule has 3 aliphatic heterocycles. The molecule has 2 fully saturated rings. The van der Waals surface area contributed by atoms with Crippen LogP contribution in [-0.2, 0) is 11.4 Å². The number of rotatable bonds is 3. The Kier molecular flexibility index (Phi) is 6.69. The summed E-state index contributed by atoms with van der Waals surface area (Å²) in [6, 6.07) is 30.4. The third-order valence-corrected chi connectivity index (χ3v) is 8.51. The molecule has 0 aromatic heterocycles. The summed E-state index contributed by atoms with van der Waals surface area (Å²) in [5.74, 6) is -0.604. The number of nitrogens with zero attached hydrogens (tertiary/aromatic N) is 4. The van der Waals surface area contributed by atoms with Crippen molar-refractivity contribution in [2.75, 3.05) is 16.3 Å². The van der Waals surface area contributed by atoms with Crippen molar-refractivity contribution in [2.45, 2.75) is 37.6 Å². The molecule has 0 spiro atoms. The second kappa shape index (κ2) is 10.8. The minimum Gasteiger partial charge on any atom is -0.487 e. The predicted molar refractivity (Wildman–Crippen MR) is 162 cm³/mol. The predicted octanol–water partition coefficient (Wildman–Crippen LogP) is 6.40. The zero-order valence-electron chi connectivity index (χ0n) is 23.3. The lowest BCUT2D eigenvalue weighted by Gasteiger charge is -2.47. The molecule has 7 rings (SSSR count). The fourth-order valence-corrected chi connectivity index (χ4v) is 6.62. The van der Waals surface area contributed by atoms with Crippen molar-refractivity contribution < 1.29 is 24.2 Å². The summed E-state index contributed by atoms with van der Waals surface area (Å²) in [4.78, 5) is 48.2. The van der Waals surface area contributed by atoms with E-state index in [0.29, 0.717) is 41.3 Å². The summed E-state index contributed by atoms with van der Waals surface area (Å²) in [6.45, 7) is 0.374. The molecule has 1 N–H and O–H groups in total. The molecule has 9 nitrogen and oxygen atoms in total. The Balaban J connectivity index is 1.27. The molecule has 2 saturated heterocycles. The van der Waals surface area contributed by atoms with Crippen molar-refractivity contribution in [3.05, 3.63) is 115 Å². The van der Waals surface area contributed by atoms with Gasteiger partial charge in [-0.25, -0.2) is 14.4 Å². The average molecular weight is 575 g/mol. The van der Waals surface area contributed by atoms with E-state index in [2.05, 4.69) is 0 Å². The maximum atomic E-state index is 14.5. The first-order valence-electron chi connectivity index (χ1n) is 14.4. The highest BCUT2D eigenvalue weighted by Crippen LogP contribution is 2.43. The van der Waals surface area contributed by atoms with Crippen molar-refractivity contribution in [3.8, 4) is 5.75 Å². The van der Waals surface area contributed by atoms with Crippen LogP contribution in [-0.4, -0.2) is 57.6 Å². The molecule has 43 heavy (non-hydrogen) atoms. The molecule has 4 aromatic rings. The van der Waals surface area contributed by atoms with E-state index in [4.69, 9.17) is 4.74 Å². The van der Waals surface area contributed by atoms with Crippen molar-refractivity contribution in [2.24, 2.45) is 0 Å². The van der Waals surface area contributed by atoms with Gasteiger partial charge in [0.25, 0.3) is 0 Å². The number of carbonyl (C=O) groups excluding carboxylic acids is 2. The lowest BCUT2D eigenvalue weighted by atomic mass is 10.0. The number of hydrogen-bond donors (Lipinski definition) is 1. The molecule has 4 amide bonds. The lowest BCUT2D eigenvalue weighted by Crippen LogP contribution is -2.67. The van der Waals surface area contributed by atoms with Crippen LogP contribution in [0, 0.1) is 0 Å². The van der Waals surface area contributed by atoms with Gasteiger partial charge in [0.15, 0.2) is 6.04 Å². The number of carboxylic acid groups (broad SMARTS) is 1. The van der Waals surface area contributed by atoms with E-state index in [1.807, 2.05) is 97.1 Å². The summed E-state index contributed by atoms with van der Waals surface area (Å²) in [6.07, 6.45) is 1.07. The van der Waals surface area contributed by atoms with E-state index >= 15 is 0 Å². The fraction of sp³-hybridized carbons (Fsp3) is 0.206. The molecule has 4 aromatic carbocycles. The fourth-order valence-electron chi connectivity index (χ4n) is 6.62. The number of fused-ring (bicyclic) bond motifs is 4. The van der Waals surface area contributed by atoms with Gasteiger partial charge in [-0.3, -0.25) is 9.80 Å². The summed E-state index contributed by atoms with van der Waals surface area (Å²) in [7, 11) is 0. The average Bonchev–Trinajstić information content (AvgIpc) is 3.23. The van der Waals surface area contributed by atoms with Crippen molar-refractivity contribution in [3.63, 3.8) is 0 Å². The first kappa shape index (κ1) is 26.6. The van der Waals surface area contributed by atoms with E-state index in [9.17, 15) is 19.5 Å². The quantitative estimate of drug-likeness (QED) is 0.306. The largest absolute Gasteiger partial charge is 0.487 e. The second-order valence-electron chi connectivity index (χ2n) is 10.9. The van der Waals surface area contributed by atoms with Crippen molar-refractivity contribution >= 4 is 40.8 Å². The van der Waals surface area contributed by atoms with Gasteiger partial charge in [-0.15, -0.1) is 0 Å². The van der Waals surface area contributed by atoms with Crippen LogP contribution in [0.4, 0.5) is 32.3 Å². The molecule has 0 aliphatic carbocycles. The molecule has 3 aliphatic rings. The maximum absolute atomic E-state index is 14.5. The third-order valence-electron chi connectivity index (χ3n) is 8.51. The number of carbonyl (C=O) groups is 3. The summed E-state index contributed by atoms with van der Waals surface area (Å²) in [5.41, 5.74) is 3.37. The second-order valence-corrected chi connectivity index (χ2v) is 10.9. The maximum Gasteiger partial charge on any atom is 0.330 e. The SMILES string of the molecule is O=C(O)[C@@H]1[C@H]2CC[C@@H](CN1C(=O)N1c3ccccc3COc3ccccc31)N2C(=O)N(c1ccccc1)c1ccccc1. The highest BCUT2D eigenvalue weighted by molar-refractivity contribution is 6.04. The van der Waals surface area contributed by atoms with Gasteiger partial charge < -0.3 is 19.6 Å². The Bertz CT molecular complexity index is 1590. The highest BCUT2D eigenvalue weighted by Gasteiger charge is 2.54. The summed E-state index contributed by atoms with van der Waals surface area (Å²) < 4.78 is 6.04. The van der Waals surface area contributed by atoms with Crippen LogP contribution in [0.1, 0.15) is 18.4 Å². The van der Waals surface area contributed by atoms with E-state index < -0.39 is 24.1 Å². The number of aliphatic carboxylic acids is 1. The molecule has 3 heterocycles. The number of anilines is 4. The number of hydrogen-bond acceptors (Lipinski definition) is 4.